The number of pyridine rings is 1. The van der Waals surface area contributed by atoms with Crippen LogP contribution < -0.4 is 20.3 Å². The molecule has 0 atom stereocenters. The minimum absolute atomic E-state index is 0.222. The van der Waals surface area contributed by atoms with Crippen LogP contribution in [0.2, 0.25) is 0 Å². The van der Waals surface area contributed by atoms with Crippen LogP contribution in [0.4, 0.5) is 5.69 Å². The number of thiocarbonyl (C=S) groups is 1. The number of nitrogens with zero attached hydrogens (tertiary/aromatic N) is 1. The Morgan fingerprint density at radius 1 is 1.00 bits per heavy atom. The number of para-hydroxylation sites is 1. The molecule has 9 heteroatoms. The van der Waals surface area contributed by atoms with E-state index in [0.29, 0.717) is 58.7 Å². The molecule has 3 aromatic carbocycles. The van der Waals surface area contributed by atoms with Gasteiger partial charge >= 0.3 is 5.97 Å². The number of ether oxygens (including phenoxy) is 3. The number of rotatable bonds is 6. The molecular weight excluding hydrogens is 490 g/mol. The van der Waals surface area contributed by atoms with Crippen molar-refractivity contribution in [3.63, 3.8) is 0 Å². The topological polar surface area (TPSA) is 92.9 Å². The van der Waals surface area contributed by atoms with Crippen molar-refractivity contribution in [1.29, 1.82) is 0 Å². The molecule has 188 valence electrons. The second-order valence-electron chi connectivity index (χ2n) is 8.52. The molecule has 1 aliphatic rings. The summed E-state index contributed by atoms with van der Waals surface area (Å²) in [7, 11) is 1.33. The van der Waals surface area contributed by atoms with Gasteiger partial charge in [-0.1, -0.05) is 42.5 Å². The minimum Gasteiger partial charge on any atom is -0.486 e. The molecule has 0 unspecified atom stereocenters. The monoisotopic (exact) mass is 515 g/mol. The molecule has 0 saturated heterocycles. The number of methoxy groups -OCH3 is 1. The van der Waals surface area contributed by atoms with Crippen LogP contribution in [0.15, 0.2) is 77.6 Å². The second kappa shape index (κ2) is 10.7. The van der Waals surface area contributed by atoms with E-state index in [4.69, 9.17) is 26.4 Å². The normalized spacial score (nSPS) is 12.1. The molecule has 1 aromatic heterocycles. The number of fused-ring (bicyclic) bond motifs is 2. The van der Waals surface area contributed by atoms with E-state index in [1.807, 2.05) is 47.4 Å². The summed E-state index contributed by atoms with van der Waals surface area (Å²) in [6.07, 6.45) is 0. The second-order valence-corrected chi connectivity index (χ2v) is 8.90. The van der Waals surface area contributed by atoms with E-state index in [2.05, 4.69) is 10.3 Å². The van der Waals surface area contributed by atoms with Crippen LogP contribution in [-0.4, -0.2) is 41.3 Å². The van der Waals surface area contributed by atoms with Gasteiger partial charge in [0.2, 0.25) is 0 Å². The number of H-pyrrole nitrogens is 1. The number of aromatic nitrogens is 1. The Hall–Kier alpha value is -4.37. The van der Waals surface area contributed by atoms with Crippen molar-refractivity contribution in [3.8, 4) is 11.5 Å². The van der Waals surface area contributed by atoms with E-state index in [-0.39, 0.29) is 12.1 Å². The lowest BCUT2D eigenvalue weighted by Crippen LogP contribution is -2.36. The fourth-order valence-corrected chi connectivity index (χ4v) is 4.43. The zero-order valence-electron chi connectivity index (χ0n) is 20.2. The predicted octanol–water partition coefficient (Wildman–Crippen LogP) is 4.49. The van der Waals surface area contributed by atoms with Crippen LogP contribution in [0.3, 0.4) is 0 Å². The maximum atomic E-state index is 13.1. The first-order valence-corrected chi connectivity index (χ1v) is 12.2. The molecule has 0 bridgehead atoms. The first-order chi connectivity index (χ1) is 18.0. The largest absolute Gasteiger partial charge is 0.486 e. The standard InChI is InChI=1S/C28H25N3O5S/c1-34-27(33)21-9-5-6-10-22(21)30-28(37)31(16-18-7-3-2-4-8-18)17-20-13-19-14-24-25(36-12-11-35-24)15-23(19)29-26(20)32/h2-10,13-15H,11-12,16-17H2,1H3,(H,29,32)(H,30,37). The van der Waals surface area contributed by atoms with Crippen LogP contribution in [0, 0.1) is 0 Å². The van der Waals surface area contributed by atoms with Gasteiger partial charge in [0.1, 0.15) is 13.2 Å². The maximum absolute atomic E-state index is 13.1. The quantitative estimate of drug-likeness (QED) is 0.287. The molecule has 0 saturated carbocycles. The van der Waals surface area contributed by atoms with Crippen LogP contribution in [0.25, 0.3) is 10.9 Å². The maximum Gasteiger partial charge on any atom is 0.339 e. The van der Waals surface area contributed by atoms with E-state index in [0.717, 1.165) is 10.9 Å². The molecule has 37 heavy (non-hydrogen) atoms. The molecule has 4 aromatic rings. The summed E-state index contributed by atoms with van der Waals surface area (Å²) < 4.78 is 16.3. The molecule has 0 fully saturated rings. The van der Waals surface area contributed by atoms with Crippen molar-refractivity contribution in [2.75, 3.05) is 25.6 Å². The highest BCUT2D eigenvalue weighted by molar-refractivity contribution is 7.80. The zero-order valence-corrected chi connectivity index (χ0v) is 21.0. The van der Waals surface area contributed by atoms with Gasteiger partial charge in [0.25, 0.3) is 5.56 Å². The summed E-state index contributed by atoms with van der Waals surface area (Å²) in [5.41, 5.74) is 2.88. The lowest BCUT2D eigenvalue weighted by Gasteiger charge is -2.26. The minimum atomic E-state index is -0.471. The van der Waals surface area contributed by atoms with Crippen molar-refractivity contribution >= 4 is 39.9 Å². The number of carbonyl (C=O) groups is 1. The molecule has 2 N–H and O–H groups in total. The van der Waals surface area contributed by atoms with Crippen molar-refractivity contribution in [3.05, 3.63) is 99.8 Å². The van der Waals surface area contributed by atoms with Gasteiger partial charge in [-0.3, -0.25) is 4.79 Å². The van der Waals surface area contributed by atoms with Gasteiger partial charge in [-0.15, -0.1) is 0 Å². The molecule has 5 rings (SSSR count). The number of esters is 1. The van der Waals surface area contributed by atoms with Crippen LogP contribution in [-0.2, 0) is 17.8 Å². The average molecular weight is 516 g/mol. The Labute approximate surface area is 218 Å². The smallest absolute Gasteiger partial charge is 0.339 e. The van der Waals surface area contributed by atoms with Gasteiger partial charge in [-0.2, -0.15) is 0 Å². The number of hydrogen-bond acceptors (Lipinski definition) is 6. The summed E-state index contributed by atoms with van der Waals surface area (Å²) in [5.74, 6) is 0.790. The Balaban J connectivity index is 1.47. The zero-order chi connectivity index (χ0) is 25.8. The summed E-state index contributed by atoms with van der Waals surface area (Å²) in [5, 5.41) is 4.36. The Bertz CT molecular complexity index is 1520. The van der Waals surface area contributed by atoms with E-state index in [9.17, 15) is 9.59 Å². The molecule has 2 heterocycles. The highest BCUT2D eigenvalue weighted by Gasteiger charge is 2.19. The lowest BCUT2D eigenvalue weighted by atomic mass is 10.1. The van der Waals surface area contributed by atoms with Gasteiger partial charge in [-0.05, 0) is 42.0 Å². The number of aromatic amines is 1. The van der Waals surface area contributed by atoms with Gasteiger partial charge in [0.15, 0.2) is 16.6 Å². The van der Waals surface area contributed by atoms with E-state index in [1.165, 1.54) is 7.11 Å². The number of nitrogens with one attached hydrogen (secondary N) is 2. The molecule has 0 radical (unpaired) electrons. The molecule has 8 nitrogen and oxygen atoms in total. The number of anilines is 1. The highest BCUT2D eigenvalue weighted by Crippen LogP contribution is 2.33. The third kappa shape index (κ3) is 5.41. The third-order valence-electron chi connectivity index (χ3n) is 6.02. The van der Waals surface area contributed by atoms with Crippen LogP contribution in [0.5, 0.6) is 11.5 Å². The fourth-order valence-electron chi connectivity index (χ4n) is 4.19. The van der Waals surface area contributed by atoms with Gasteiger partial charge in [0.05, 0.1) is 30.4 Å². The SMILES string of the molecule is COC(=O)c1ccccc1NC(=S)N(Cc1ccccc1)Cc1cc2cc3c(cc2[nH]c1=O)OCCO3. The molecule has 1 aliphatic heterocycles. The lowest BCUT2D eigenvalue weighted by molar-refractivity contribution is 0.0602. The summed E-state index contributed by atoms with van der Waals surface area (Å²) >= 11 is 5.77. The Kier molecular flexibility index (Phi) is 7.04. The first-order valence-electron chi connectivity index (χ1n) is 11.7. The molecule has 0 aliphatic carbocycles. The number of carbonyl (C=O) groups excluding carboxylic acids is 1. The first kappa shape index (κ1) is 24.3. The van der Waals surface area contributed by atoms with E-state index < -0.39 is 5.97 Å². The van der Waals surface area contributed by atoms with Crippen molar-refractivity contribution < 1.29 is 19.0 Å². The van der Waals surface area contributed by atoms with Gasteiger partial charge < -0.3 is 29.4 Å². The van der Waals surface area contributed by atoms with E-state index in [1.54, 1.807) is 30.3 Å². The number of hydrogen-bond donors (Lipinski definition) is 2. The molecule has 0 spiro atoms. The van der Waals surface area contributed by atoms with Gasteiger partial charge in [-0.25, -0.2) is 4.79 Å². The van der Waals surface area contributed by atoms with Crippen molar-refractivity contribution in [2.45, 2.75) is 13.1 Å². The highest BCUT2D eigenvalue weighted by atomic mass is 32.1. The number of benzene rings is 3. The van der Waals surface area contributed by atoms with E-state index >= 15 is 0 Å². The summed E-state index contributed by atoms with van der Waals surface area (Å²) in [6.45, 7) is 1.64. The Morgan fingerprint density at radius 3 is 2.46 bits per heavy atom. The molecular formula is C28H25N3O5S. The fraction of sp³-hybridized carbons (Fsp3) is 0.179. The van der Waals surface area contributed by atoms with Crippen LogP contribution >= 0.6 is 12.2 Å². The van der Waals surface area contributed by atoms with Crippen molar-refractivity contribution in [2.24, 2.45) is 0 Å². The predicted molar refractivity (Wildman–Crippen MR) is 145 cm³/mol. The Morgan fingerprint density at radius 2 is 1.70 bits per heavy atom. The average Bonchev–Trinajstić information content (AvgIpc) is 2.92. The van der Waals surface area contributed by atoms with Crippen LogP contribution in [0.1, 0.15) is 21.5 Å². The van der Waals surface area contributed by atoms with Crippen molar-refractivity contribution in [1.82, 2.24) is 9.88 Å². The summed E-state index contributed by atoms with van der Waals surface area (Å²) in [4.78, 5) is 30.2. The molecule has 0 amide bonds. The van der Waals surface area contributed by atoms with Gasteiger partial charge in [0, 0.05) is 23.6 Å². The summed E-state index contributed by atoms with van der Waals surface area (Å²) in [6, 6.07) is 22.3. The third-order valence-corrected chi connectivity index (χ3v) is 6.38.